The molecule has 0 spiro atoms. The molecule has 0 aliphatic heterocycles. The Morgan fingerprint density at radius 3 is 2.50 bits per heavy atom. The molecule has 3 atom stereocenters. The Bertz CT molecular complexity index is 844. The van der Waals surface area contributed by atoms with E-state index in [2.05, 4.69) is 15.3 Å². The second-order valence-corrected chi connectivity index (χ2v) is 6.64. The molecule has 2 aromatic rings. The van der Waals surface area contributed by atoms with Crippen LogP contribution in [0.4, 0.5) is 0 Å². The van der Waals surface area contributed by atoms with E-state index in [9.17, 15) is 14.7 Å². The third kappa shape index (κ3) is 5.10. The van der Waals surface area contributed by atoms with Gasteiger partial charge in [0, 0.05) is 24.4 Å². The summed E-state index contributed by atoms with van der Waals surface area (Å²) in [7, 11) is 1.36. The van der Waals surface area contributed by atoms with E-state index >= 15 is 0 Å². The summed E-state index contributed by atoms with van der Waals surface area (Å²) >= 11 is 5.78. The van der Waals surface area contributed by atoms with Crippen LogP contribution in [0.15, 0.2) is 30.6 Å². The molecule has 9 heteroatoms. The average Bonchev–Trinajstić information content (AvgIpc) is 2.67. The fraction of sp³-hybridized carbons (Fsp3) is 0.368. The number of amides is 1. The van der Waals surface area contributed by atoms with E-state index in [-0.39, 0.29) is 17.4 Å². The summed E-state index contributed by atoms with van der Waals surface area (Å²) in [6.07, 6.45) is 2.48. The highest BCUT2D eigenvalue weighted by molar-refractivity contribution is 6.29. The van der Waals surface area contributed by atoms with Crippen molar-refractivity contribution >= 4 is 23.5 Å². The lowest BCUT2D eigenvalue weighted by atomic mass is 9.98. The summed E-state index contributed by atoms with van der Waals surface area (Å²) in [5.74, 6) is -1.75. The van der Waals surface area contributed by atoms with Crippen LogP contribution in [0.3, 0.4) is 0 Å². The molecule has 0 saturated heterocycles. The standard InChI is InChI=1S/C19H22ClN3O5/c1-10(13-5-6-15(20)22-9-13)12(3)28-19(26)11(2)23-18(25)16-17(24)14(27-4)7-8-21-16/h5-12,24H,1-4H3,(H,23,25)/t10?,11-,12?/m0/s1. The van der Waals surface area contributed by atoms with E-state index in [1.807, 2.05) is 13.0 Å². The number of rotatable bonds is 7. The predicted molar refractivity (Wildman–Crippen MR) is 103 cm³/mol. The lowest BCUT2D eigenvalue weighted by Gasteiger charge is -2.23. The number of hydrogen-bond donors (Lipinski definition) is 2. The van der Waals surface area contributed by atoms with Crippen LogP contribution in [0, 0.1) is 0 Å². The van der Waals surface area contributed by atoms with Gasteiger partial charge in [0.25, 0.3) is 5.91 Å². The van der Waals surface area contributed by atoms with Crippen LogP contribution in [0.25, 0.3) is 0 Å². The first-order chi connectivity index (χ1) is 13.2. The van der Waals surface area contributed by atoms with Gasteiger partial charge in [-0.1, -0.05) is 24.6 Å². The zero-order valence-corrected chi connectivity index (χ0v) is 16.7. The van der Waals surface area contributed by atoms with Crippen molar-refractivity contribution in [1.82, 2.24) is 15.3 Å². The lowest BCUT2D eigenvalue weighted by molar-refractivity contribution is -0.151. The van der Waals surface area contributed by atoms with Crippen LogP contribution in [-0.2, 0) is 9.53 Å². The second kappa shape index (κ2) is 9.36. The number of pyridine rings is 2. The van der Waals surface area contributed by atoms with Crippen molar-refractivity contribution in [1.29, 1.82) is 0 Å². The number of aromatic hydroxyl groups is 1. The maximum atomic E-state index is 12.3. The summed E-state index contributed by atoms with van der Waals surface area (Å²) in [5, 5.41) is 12.8. The summed E-state index contributed by atoms with van der Waals surface area (Å²) in [4.78, 5) is 32.5. The lowest BCUT2D eigenvalue weighted by Crippen LogP contribution is -2.41. The van der Waals surface area contributed by atoms with E-state index in [4.69, 9.17) is 21.1 Å². The van der Waals surface area contributed by atoms with Crippen molar-refractivity contribution in [3.63, 3.8) is 0 Å². The van der Waals surface area contributed by atoms with Gasteiger partial charge in [0.1, 0.15) is 17.3 Å². The molecule has 0 radical (unpaired) electrons. The third-order valence-electron chi connectivity index (χ3n) is 4.31. The number of nitrogens with one attached hydrogen (secondary N) is 1. The molecule has 150 valence electrons. The molecule has 1 amide bonds. The first kappa shape index (κ1) is 21.4. The number of carbonyl (C=O) groups is 2. The molecule has 28 heavy (non-hydrogen) atoms. The van der Waals surface area contributed by atoms with Crippen molar-refractivity contribution in [3.05, 3.63) is 47.0 Å². The fourth-order valence-corrected chi connectivity index (χ4v) is 2.52. The molecule has 0 aliphatic rings. The Kier molecular flexibility index (Phi) is 7.17. The van der Waals surface area contributed by atoms with Crippen LogP contribution in [-0.4, -0.2) is 46.2 Å². The van der Waals surface area contributed by atoms with Crippen LogP contribution < -0.4 is 10.1 Å². The van der Waals surface area contributed by atoms with Crippen LogP contribution >= 0.6 is 11.6 Å². The maximum Gasteiger partial charge on any atom is 0.328 e. The molecule has 0 aliphatic carbocycles. The van der Waals surface area contributed by atoms with Gasteiger partial charge < -0.3 is 19.9 Å². The largest absolute Gasteiger partial charge is 0.503 e. The van der Waals surface area contributed by atoms with Crippen molar-refractivity contribution < 1.29 is 24.2 Å². The first-order valence-corrected chi connectivity index (χ1v) is 8.97. The van der Waals surface area contributed by atoms with Gasteiger partial charge in [0.2, 0.25) is 0 Å². The zero-order valence-electron chi connectivity index (χ0n) is 16.0. The summed E-state index contributed by atoms with van der Waals surface area (Å²) in [5.41, 5.74) is 0.625. The molecular weight excluding hydrogens is 386 g/mol. The number of carbonyl (C=O) groups excluding carboxylic acids is 2. The third-order valence-corrected chi connectivity index (χ3v) is 4.53. The van der Waals surface area contributed by atoms with Gasteiger partial charge in [-0.15, -0.1) is 0 Å². The van der Waals surface area contributed by atoms with E-state index in [1.54, 1.807) is 19.2 Å². The summed E-state index contributed by atoms with van der Waals surface area (Å²) < 4.78 is 10.4. The minimum Gasteiger partial charge on any atom is -0.503 e. The molecule has 0 saturated carbocycles. The molecule has 2 heterocycles. The first-order valence-electron chi connectivity index (χ1n) is 8.59. The molecule has 2 N–H and O–H groups in total. The quantitative estimate of drug-likeness (QED) is 0.536. The van der Waals surface area contributed by atoms with Crippen molar-refractivity contribution in [2.75, 3.05) is 7.11 Å². The fourth-order valence-electron chi connectivity index (χ4n) is 2.41. The molecule has 0 bridgehead atoms. The number of ether oxygens (including phenoxy) is 2. The van der Waals surface area contributed by atoms with Crippen LogP contribution in [0.2, 0.25) is 5.15 Å². The summed E-state index contributed by atoms with van der Waals surface area (Å²) in [6, 6.07) is 3.95. The summed E-state index contributed by atoms with van der Waals surface area (Å²) in [6.45, 7) is 5.13. The monoisotopic (exact) mass is 407 g/mol. The van der Waals surface area contributed by atoms with Gasteiger partial charge in [-0.3, -0.25) is 4.79 Å². The van der Waals surface area contributed by atoms with E-state index in [0.29, 0.717) is 5.15 Å². The van der Waals surface area contributed by atoms with E-state index in [1.165, 1.54) is 26.3 Å². The minimum atomic E-state index is -0.946. The number of methoxy groups -OCH3 is 1. The van der Waals surface area contributed by atoms with Gasteiger partial charge in [0.05, 0.1) is 7.11 Å². The Balaban J connectivity index is 1.98. The van der Waals surface area contributed by atoms with Crippen molar-refractivity contribution in [2.24, 2.45) is 0 Å². The molecule has 0 fully saturated rings. The molecule has 2 aromatic heterocycles. The number of aromatic nitrogens is 2. The highest BCUT2D eigenvalue weighted by atomic mass is 35.5. The predicted octanol–water partition coefficient (Wildman–Crippen LogP) is 2.70. The zero-order chi connectivity index (χ0) is 20.8. The van der Waals surface area contributed by atoms with Crippen LogP contribution in [0.1, 0.15) is 42.7 Å². The van der Waals surface area contributed by atoms with Gasteiger partial charge in [-0.05, 0) is 25.5 Å². The smallest absolute Gasteiger partial charge is 0.328 e. The average molecular weight is 408 g/mol. The number of halogens is 1. The Morgan fingerprint density at radius 1 is 1.18 bits per heavy atom. The Labute approximate surface area is 167 Å². The number of esters is 1. The highest BCUT2D eigenvalue weighted by Gasteiger charge is 2.25. The van der Waals surface area contributed by atoms with E-state index in [0.717, 1.165) is 5.56 Å². The van der Waals surface area contributed by atoms with Gasteiger partial charge in [-0.25, -0.2) is 14.8 Å². The topological polar surface area (TPSA) is 111 Å². The van der Waals surface area contributed by atoms with Crippen LogP contribution in [0.5, 0.6) is 11.5 Å². The maximum absolute atomic E-state index is 12.3. The molecule has 2 rings (SSSR count). The Hall–Kier alpha value is -2.87. The minimum absolute atomic E-state index is 0.106. The Morgan fingerprint density at radius 2 is 1.89 bits per heavy atom. The van der Waals surface area contributed by atoms with Gasteiger partial charge in [0.15, 0.2) is 17.2 Å². The van der Waals surface area contributed by atoms with Crippen molar-refractivity contribution in [2.45, 2.75) is 38.8 Å². The second-order valence-electron chi connectivity index (χ2n) is 6.25. The SMILES string of the molecule is COc1ccnc(C(=O)N[C@@H](C)C(=O)OC(C)C(C)c2ccc(Cl)nc2)c1O. The number of nitrogens with zero attached hydrogens (tertiary/aromatic N) is 2. The molecular formula is C19H22ClN3O5. The van der Waals surface area contributed by atoms with Crippen molar-refractivity contribution in [3.8, 4) is 11.5 Å². The highest BCUT2D eigenvalue weighted by Crippen LogP contribution is 2.27. The normalized spacial score (nSPS) is 13.9. The van der Waals surface area contributed by atoms with E-state index < -0.39 is 29.8 Å². The van der Waals surface area contributed by atoms with Gasteiger partial charge in [-0.2, -0.15) is 0 Å². The molecule has 0 aromatic carbocycles. The van der Waals surface area contributed by atoms with Gasteiger partial charge >= 0.3 is 5.97 Å². The number of hydrogen-bond acceptors (Lipinski definition) is 7. The molecule has 2 unspecified atom stereocenters. The molecule has 8 nitrogen and oxygen atoms in total.